The van der Waals surface area contributed by atoms with Gasteiger partial charge in [-0.15, -0.1) is 0 Å². The molecule has 5 heterocycles. The van der Waals surface area contributed by atoms with Crippen LogP contribution in [-0.2, 0) is 7.05 Å². The molecule has 0 aliphatic carbocycles. The van der Waals surface area contributed by atoms with Crippen molar-refractivity contribution in [3.8, 4) is 11.1 Å². The third-order valence-electron chi connectivity index (χ3n) is 5.81. The van der Waals surface area contributed by atoms with Crippen LogP contribution in [-0.4, -0.2) is 48.4 Å². The molecule has 0 N–H and O–H groups in total. The minimum Gasteiger partial charge on any atom is -0.337 e. The second-order valence-electron chi connectivity index (χ2n) is 7.70. The van der Waals surface area contributed by atoms with Gasteiger partial charge in [0.05, 0.1) is 12.5 Å². The number of imidazole rings is 1. The number of pyridine rings is 3. The molecular formula is C23H22N6O. The van der Waals surface area contributed by atoms with Crippen LogP contribution < -0.4 is 0 Å². The van der Waals surface area contributed by atoms with Crippen molar-refractivity contribution in [3.63, 3.8) is 0 Å². The van der Waals surface area contributed by atoms with E-state index in [0.29, 0.717) is 11.6 Å². The van der Waals surface area contributed by atoms with Crippen molar-refractivity contribution in [1.82, 2.24) is 29.4 Å². The second-order valence-corrected chi connectivity index (χ2v) is 7.70. The molecule has 1 fully saturated rings. The average Bonchev–Trinajstić information content (AvgIpc) is 3.24. The molecule has 7 heteroatoms. The zero-order chi connectivity index (χ0) is 20.5. The van der Waals surface area contributed by atoms with E-state index in [1.807, 2.05) is 30.3 Å². The molecular weight excluding hydrogens is 376 g/mol. The van der Waals surface area contributed by atoms with Crippen LogP contribution in [0.4, 0.5) is 0 Å². The quantitative estimate of drug-likeness (QED) is 0.528. The van der Waals surface area contributed by atoms with Gasteiger partial charge in [-0.25, -0.2) is 15.0 Å². The maximum absolute atomic E-state index is 12.7. The number of carbonyl (C=O) groups excluding carboxylic acids is 1. The fourth-order valence-electron chi connectivity index (χ4n) is 4.06. The number of rotatable bonds is 3. The second kappa shape index (κ2) is 7.67. The van der Waals surface area contributed by atoms with Gasteiger partial charge in [-0.1, -0.05) is 0 Å². The van der Waals surface area contributed by atoms with Crippen molar-refractivity contribution in [2.75, 3.05) is 13.1 Å². The van der Waals surface area contributed by atoms with Gasteiger partial charge < -0.3 is 9.47 Å². The molecule has 0 unspecified atom stereocenters. The lowest BCUT2D eigenvalue weighted by molar-refractivity contribution is 0.0702. The lowest BCUT2D eigenvalue weighted by Gasteiger charge is -2.31. The van der Waals surface area contributed by atoms with Gasteiger partial charge in [0.1, 0.15) is 5.69 Å². The SMILES string of the molecule is Cn1cncc1C(=O)N1CCC(c2ccc3cc(-c4ccncc4)cnc3n2)CC1. The summed E-state index contributed by atoms with van der Waals surface area (Å²) >= 11 is 0. The molecule has 0 atom stereocenters. The Balaban J connectivity index is 1.31. The van der Waals surface area contributed by atoms with E-state index in [4.69, 9.17) is 4.98 Å². The van der Waals surface area contributed by atoms with Crippen molar-refractivity contribution >= 4 is 16.9 Å². The number of hydrogen-bond donors (Lipinski definition) is 0. The summed E-state index contributed by atoms with van der Waals surface area (Å²) < 4.78 is 1.77. The van der Waals surface area contributed by atoms with E-state index in [1.165, 1.54) is 0 Å². The van der Waals surface area contributed by atoms with E-state index < -0.39 is 0 Å². The van der Waals surface area contributed by atoms with Gasteiger partial charge in [0.25, 0.3) is 5.91 Å². The highest BCUT2D eigenvalue weighted by Crippen LogP contribution is 2.29. The van der Waals surface area contributed by atoms with Crippen LogP contribution in [0.15, 0.2) is 61.4 Å². The Labute approximate surface area is 174 Å². The highest BCUT2D eigenvalue weighted by molar-refractivity contribution is 5.92. The smallest absolute Gasteiger partial charge is 0.272 e. The first kappa shape index (κ1) is 18.4. The molecule has 1 amide bonds. The average molecular weight is 398 g/mol. The molecule has 1 saturated heterocycles. The molecule has 150 valence electrons. The minimum absolute atomic E-state index is 0.0465. The van der Waals surface area contributed by atoms with E-state index >= 15 is 0 Å². The molecule has 1 aliphatic rings. The van der Waals surface area contributed by atoms with Crippen LogP contribution in [0.1, 0.15) is 34.9 Å². The van der Waals surface area contributed by atoms with Gasteiger partial charge in [-0.05, 0) is 48.7 Å². The molecule has 7 nitrogen and oxygen atoms in total. The number of piperidine rings is 1. The van der Waals surface area contributed by atoms with Crippen LogP contribution in [0.2, 0.25) is 0 Å². The molecule has 4 aromatic rings. The summed E-state index contributed by atoms with van der Waals surface area (Å²) in [6.45, 7) is 1.45. The van der Waals surface area contributed by atoms with Gasteiger partial charge in [0, 0.05) is 61.3 Å². The molecule has 0 radical (unpaired) electrons. The minimum atomic E-state index is 0.0465. The molecule has 0 spiro atoms. The summed E-state index contributed by atoms with van der Waals surface area (Å²) in [6.07, 6.45) is 10.5. The van der Waals surface area contributed by atoms with E-state index in [0.717, 1.165) is 53.8 Å². The topological polar surface area (TPSA) is 76.8 Å². The summed E-state index contributed by atoms with van der Waals surface area (Å²) in [5.41, 5.74) is 4.60. The Morgan fingerprint density at radius 2 is 1.80 bits per heavy atom. The first-order valence-electron chi connectivity index (χ1n) is 10.1. The molecule has 30 heavy (non-hydrogen) atoms. The van der Waals surface area contributed by atoms with Crippen molar-refractivity contribution < 1.29 is 4.79 Å². The molecule has 4 aromatic heterocycles. The van der Waals surface area contributed by atoms with E-state index in [1.54, 1.807) is 29.5 Å². The highest BCUT2D eigenvalue weighted by Gasteiger charge is 2.26. The first-order chi connectivity index (χ1) is 14.7. The Morgan fingerprint density at radius 1 is 1.00 bits per heavy atom. The summed E-state index contributed by atoms with van der Waals surface area (Å²) in [5, 5.41) is 1.02. The van der Waals surface area contributed by atoms with Crippen molar-refractivity contribution in [1.29, 1.82) is 0 Å². The Bertz CT molecular complexity index is 1190. The number of nitrogens with zero attached hydrogens (tertiary/aromatic N) is 6. The normalized spacial score (nSPS) is 14.9. The summed E-state index contributed by atoms with van der Waals surface area (Å²) in [7, 11) is 1.85. The Morgan fingerprint density at radius 3 is 2.53 bits per heavy atom. The Kier molecular flexibility index (Phi) is 4.71. The number of aromatic nitrogens is 5. The molecule has 5 rings (SSSR count). The monoisotopic (exact) mass is 398 g/mol. The highest BCUT2D eigenvalue weighted by atomic mass is 16.2. The fraction of sp³-hybridized carbons (Fsp3) is 0.261. The van der Waals surface area contributed by atoms with Crippen LogP contribution in [0.3, 0.4) is 0 Å². The van der Waals surface area contributed by atoms with Crippen molar-refractivity contribution in [3.05, 3.63) is 72.8 Å². The molecule has 0 bridgehead atoms. The lowest BCUT2D eigenvalue weighted by Crippen LogP contribution is -2.38. The predicted molar refractivity (Wildman–Crippen MR) is 114 cm³/mol. The molecule has 0 aromatic carbocycles. The van der Waals surface area contributed by atoms with E-state index in [9.17, 15) is 4.79 Å². The summed E-state index contributed by atoms with van der Waals surface area (Å²) in [6, 6.07) is 10.3. The van der Waals surface area contributed by atoms with Crippen LogP contribution in [0.5, 0.6) is 0 Å². The molecule has 0 saturated carbocycles. The maximum Gasteiger partial charge on any atom is 0.272 e. The Hall–Kier alpha value is -3.61. The predicted octanol–water partition coefficient (Wildman–Crippen LogP) is 3.45. The van der Waals surface area contributed by atoms with Gasteiger partial charge in [0.15, 0.2) is 5.65 Å². The van der Waals surface area contributed by atoms with E-state index in [2.05, 4.69) is 33.2 Å². The number of amides is 1. The first-order valence-corrected chi connectivity index (χ1v) is 10.1. The standard InChI is InChI=1S/C23H22N6O/c1-28-15-25-14-21(28)23(30)29-10-6-17(7-11-29)20-3-2-18-12-19(13-26-22(18)27-20)16-4-8-24-9-5-16/h2-5,8-9,12-15,17H,6-7,10-11H2,1H3. The van der Waals surface area contributed by atoms with Crippen LogP contribution in [0.25, 0.3) is 22.2 Å². The van der Waals surface area contributed by atoms with Crippen LogP contribution >= 0.6 is 0 Å². The summed E-state index contributed by atoms with van der Waals surface area (Å²) in [5.74, 6) is 0.386. The third-order valence-corrected chi connectivity index (χ3v) is 5.81. The van der Waals surface area contributed by atoms with Gasteiger partial charge in [-0.3, -0.25) is 9.78 Å². The van der Waals surface area contributed by atoms with Gasteiger partial charge >= 0.3 is 0 Å². The van der Waals surface area contributed by atoms with Crippen molar-refractivity contribution in [2.45, 2.75) is 18.8 Å². The number of carbonyl (C=O) groups is 1. The number of aryl methyl sites for hydroxylation is 1. The van der Waals surface area contributed by atoms with E-state index in [-0.39, 0.29) is 5.91 Å². The number of likely N-dealkylation sites (tertiary alicyclic amines) is 1. The number of hydrogen-bond acceptors (Lipinski definition) is 5. The number of fused-ring (bicyclic) bond motifs is 1. The summed E-state index contributed by atoms with van der Waals surface area (Å²) in [4.78, 5) is 32.1. The largest absolute Gasteiger partial charge is 0.337 e. The molecule has 1 aliphatic heterocycles. The van der Waals surface area contributed by atoms with Crippen molar-refractivity contribution in [2.24, 2.45) is 7.05 Å². The third kappa shape index (κ3) is 3.43. The van der Waals surface area contributed by atoms with Gasteiger partial charge in [-0.2, -0.15) is 0 Å². The maximum atomic E-state index is 12.7. The zero-order valence-electron chi connectivity index (χ0n) is 16.8. The fourth-order valence-corrected chi connectivity index (χ4v) is 4.06. The van der Waals surface area contributed by atoms with Gasteiger partial charge in [0.2, 0.25) is 0 Å². The lowest BCUT2D eigenvalue weighted by atomic mass is 9.92. The zero-order valence-corrected chi connectivity index (χ0v) is 16.8. The van der Waals surface area contributed by atoms with Crippen LogP contribution in [0, 0.1) is 0 Å².